The van der Waals surface area contributed by atoms with Gasteiger partial charge in [0, 0.05) is 25.2 Å². The van der Waals surface area contributed by atoms with Gasteiger partial charge in [-0.3, -0.25) is 4.79 Å². The minimum absolute atomic E-state index is 0.0895. The molecule has 0 aliphatic heterocycles. The Hall–Kier alpha value is -2.96. The fraction of sp³-hybridized carbons (Fsp3) is 0.200. The van der Waals surface area contributed by atoms with Crippen LogP contribution in [0.15, 0.2) is 47.1 Å². The van der Waals surface area contributed by atoms with Gasteiger partial charge in [0.1, 0.15) is 5.76 Å². The molecule has 112 valence electrons. The molecule has 0 aliphatic carbocycles. The lowest BCUT2D eigenvalue weighted by molar-refractivity contribution is 0.0775. The molecule has 22 heavy (non-hydrogen) atoms. The third-order valence-electron chi connectivity index (χ3n) is 3.31. The SMILES string of the molecule is CN(Cc1ccco1)C(=O)c1cccc(-c2nnnn2C)c1. The van der Waals surface area contributed by atoms with Crippen molar-refractivity contribution in [3.05, 3.63) is 54.0 Å². The number of hydrogen-bond donors (Lipinski definition) is 0. The summed E-state index contributed by atoms with van der Waals surface area (Å²) < 4.78 is 6.83. The average molecular weight is 297 g/mol. The molecule has 2 heterocycles. The Bertz CT molecular complexity index is 779. The molecule has 1 aromatic carbocycles. The first-order valence-corrected chi connectivity index (χ1v) is 6.76. The zero-order valence-corrected chi connectivity index (χ0v) is 12.3. The van der Waals surface area contributed by atoms with Crippen molar-refractivity contribution < 1.29 is 9.21 Å². The molecule has 0 atom stereocenters. The van der Waals surface area contributed by atoms with E-state index in [0.717, 1.165) is 11.3 Å². The molecule has 7 nitrogen and oxygen atoms in total. The fourth-order valence-corrected chi connectivity index (χ4v) is 2.19. The second-order valence-electron chi connectivity index (χ2n) is 4.95. The number of amides is 1. The first-order valence-electron chi connectivity index (χ1n) is 6.76. The van der Waals surface area contributed by atoms with Gasteiger partial charge in [-0.05, 0) is 34.7 Å². The highest BCUT2D eigenvalue weighted by atomic mass is 16.3. The number of nitrogens with zero attached hydrogens (tertiary/aromatic N) is 5. The second kappa shape index (κ2) is 5.80. The molecular formula is C15H15N5O2. The molecule has 0 radical (unpaired) electrons. The molecule has 0 spiro atoms. The van der Waals surface area contributed by atoms with Crippen LogP contribution in [-0.4, -0.2) is 38.1 Å². The van der Waals surface area contributed by atoms with Gasteiger partial charge in [0.05, 0.1) is 12.8 Å². The van der Waals surface area contributed by atoms with Crippen LogP contribution in [0.2, 0.25) is 0 Å². The van der Waals surface area contributed by atoms with Gasteiger partial charge in [0.2, 0.25) is 0 Å². The molecule has 2 aromatic heterocycles. The van der Waals surface area contributed by atoms with Crippen LogP contribution >= 0.6 is 0 Å². The first-order chi connectivity index (χ1) is 10.6. The van der Waals surface area contributed by atoms with Gasteiger partial charge < -0.3 is 9.32 Å². The average Bonchev–Trinajstić information content (AvgIpc) is 3.18. The van der Waals surface area contributed by atoms with Crippen LogP contribution in [0.5, 0.6) is 0 Å². The first kappa shape index (κ1) is 14.0. The quantitative estimate of drug-likeness (QED) is 0.733. The molecule has 7 heteroatoms. The van der Waals surface area contributed by atoms with Crippen LogP contribution in [-0.2, 0) is 13.6 Å². The van der Waals surface area contributed by atoms with Gasteiger partial charge in [-0.25, -0.2) is 4.68 Å². The van der Waals surface area contributed by atoms with E-state index in [0.29, 0.717) is 17.9 Å². The third-order valence-corrected chi connectivity index (χ3v) is 3.31. The summed E-state index contributed by atoms with van der Waals surface area (Å²) in [7, 11) is 3.49. The van der Waals surface area contributed by atoms with Gasteiger partial charge >= 0.3 is 0 Å². The summed E-state index contributed by atoms with van der Waals surface area (Å²) in [6.45, 7) is 0.418. The van der Waals surface area contributed by atoms with Crippen LogP contribution in [0, 0.1) is 0 Å². The highest BCUT2D eigenvalue weighted by Crippen LogP contribution is 2.18. The molecular weight excluding hydrogens is 282 g/mol. The minimum atomic E-state index is -0.0895. The summed E-state index contributed by atoms with van der Waals surface area (Å²) in [6.07, 6.45) is 1.59. The number of carbonyl (C=O) groups is 1. The van der Waals surface area contributed by atoms with Crippen molar-refractivity contribution >= 4 is 5.91 Å². The lowest BCUT2D eigenvalue weighted by Crippen LogP contribution is -2.26. The lowest BCUT2D eigenvalue weighted by Gasteiger charge is -2.16. The van der Waals surface area contributed by atoms with Crippen molar-refractivity contribution in [1.29, 1.82) is 0 Å². The highest BCUT2D eigenvalue weighted by molar-refractivity contribution is 5.95. The number of aromatic nitrogens is 4. The van der Waals surface area contributed by atoms with E-state index in [1.54, 1.807) is 48.1 Å². The Balaban J connectivity index is 1.82. The summed E-state index contributed by atoms with van der Waals surface area (Å²) in [6, 6.07) is 10.9. The Morgan fingerprint density at radius 2 is 2.18 bits per heavy atom. The molecule has 0 saturated carbocycles. The van der Waals surface area contributed by atoms with Crippen LogP contribution < -0.4 is 0 Å². The number of benzene rings is 1. The van der Waals surface area contributed by atoms with Crippen molar-refractivity contribution in [3.63, 3.8) is 0 Å². The monoisotopic (exact) mass is 297 g/mol. The maximum Gasteiger partial charge on any atom is 0.254 e. The second-order valence-corrected chi connectivity index (χ2v) is 4.95. The molecule has 0 N–H and O–H groups in total. The Labute approximate surface area is 127 Å². The van der Waals surface area contributed by atoms with Crippen molar-refractivity contribution in [2.45, 2.75) is 6.54 Å². The number of aryl methyl sites for hydroxylation is 1. The zero-order valence-electron chi connectivity index (χ0n) is 12.3. The van der Waals surface area contributed by atoms with E-state index in [1.165, 1.54) is 0 Å². The molecule has 0 unspecified atom stereocenters. The summed E-state index contributed by atoms with van der Waals surface area (Å²) >= 11 is 0. The van der Waals surface area contributed by atoms with Crippen molar-refractivity contribution in [1.82, 2.24) is 25.1 Å². The molecule has 0 fully saturated rings. The normalized spacial score (nSPS) is 10.6. The maximum atomic E-state index is 12.5. The van der Waals surface area contributed by atoms with E-state index in [4.69, 9.17) is 4.42 Å². The van der Waals surface area contributed by atoms with Gasteiger partial charge in [0.15, 0.2) is 5.82 Å². The molecule has 1 amide bonds. The number of rotatable bonds is 4. The van der Waals surface area contributed by atoms with Crippen molar-refractivity contribution in [2.75, 3.05) is 7.05 Å². The molecule has 3 aromatic rings. The van der Waals surface area contributed by atoms with Gasteiger partial charge in [-0.15, -0.1) is 5.10 Å². The van der Waals surface area contributed by atoms with Crippen molar-refractivity contribution in [3.8, 4) is 11.4 Å². The topological polar surface area (TPSA) is 77.1 Å². The zero-order chi connectivity index (χ0) is 15.5. The summed E-state index contributed by atoms with van der Waals surface area (Å²) in [5.74, 6) is 1.27. The van der Waals surface area contributed by atoms with E-state index >= 15 is 0 Å². The highest BCUT2D eigenvalue weighted by Gasteiger charge is 2.15. The van der Waals surface area contributed by atoms with Gasteiger partial charge in [0.25, 0.3) is 5.91 Å². The van der Waals surface area contributed by atoms with Crippen LogP contribution in [0.4, 0.5) is 0 Å². The summed E-state index contributed by atoms with van der Waals surface area (Å²) in [4.78, 5) is 14.1. The maximum absolute atomic E-state index is 12.5. The van der Waals surface area contributed by atoms with Crippen LogP contribution in [0.3, 0.4) is 0 Å². The van der Waals surface area contributed by atoms with E-state index in [-0.39, 0.29) is 5.91 Å². The predicted octanol–water partition coefficient (Wildman–Crippen LogP) is 1.74. The van der Waals surface area contributed by atoms with E-state index in [1.807, 2.05) is 18.2 Å². The minimum Gasteiger partial charge on any atom is -0.467 e. The standard InChI is InChI=1S/C15H15N5O2/c1-19(10-13-7-4-8-22-13)15(21)12-6-3-5-11(9-12)14-16-17-18-20(14)2/h3-9H,10H2,1-2H3. The van der Waals surface area contributed by atoms with E-state index in [2.05, 4.69) is 15.5 Å². The Morgan fingerprint density at radius 1 is 1.32 bits per heavy atom. The van der Waals surface area contributed by atoms with Gasteiger partial charge in [-0.1, -0.05) is 12.1 Å². The molecule has 3 rings (SSSR count). The molecule has 0 bridgehead atoms. The molecule has 0 saturated heterocycles. The summed E-state index contributed by atoms with van der Waals surface area (Å²) in [5, 5.41) is 11.4. The number of furan rings is 1. The van der Waals surface area contributed by atoms with E-state index in [9.17, 15) is 4.79 Å². The number of hydrogen-bond acceptors (Lipinski definition) is 5. The smallest absolute Gasteiger partial charge is 0.254 e. The Morgan fingerprint density at radius 3 is 2.86 bits per heavy atom. The predicted molar refractivity (Wildman–Crippen MR) is 78.7 cm³/mol. The molecule has 0 aliphatic rings. The van der Waals surface area contributed by atoms with Crippen LogP contribution in [0.25, 0.3) is 11.4 Å². The van der Waals surface area contributed by atoms with Crippen molar-refractivity contribution in [2.24, 2.45) is 7.05 Å². The largest absolute Gasteiger partial charge is 0.467 e. The number of carbonyl (C=O) groups excluding carboxylic acids is 1. The number of tetrazole rings is 1. The van der Waals surface area contributed by atoms with E-state index < -0.39 is 0 Å². The third kappa shape index (κ3) is 2.73. The van der Waals surface area contributed by atoms with Gasteiger partial charge in [-0.2, -0.15) is 0 Å². The Kier molecular flexibility index (Phi) is 3.69. The van der Waals surface area contributed by atoms with Crippen LogP contribution in [0.1, 0.15) is 16.1 Å². The summed E-state index contributed by atoms with van der Waals surface area (Å²) in [5.41, 5.74) is 1.37. The lowest BCUT2D eigenvalue weighted by atomic mass is 10.1. The fourth-order valence-electron chi connectivity index (χ4n) is 2.19.